The molecule has 0 aliphatic carbocycles. The predicted molar refractivity (Wildman–Crippen MR) is 86.3 cm³/mol. The van der Waals surface area contributed by atoms with Crippen molar-refractivity contribution < 1.29 is 22.7 Å². The summed E-state index contributed by atoms with van der Waals surface area (Å²) in [5, 5.41) is 2.51. The minimum absolute atomic E-state index is 0.117. The van der Waals surface area contributed by atoms with E-state index in [2.05, 4.69) is 14.8 Å². The van der Waals surface area contributed by atoms with Gasteiger partial charge in [-0.05, 0) is 37.6 Å². The molecule has 0 radical (unpaired) electrons. The lowest BCUT2D eigenvalue weighted by molar-refractivity contribution is -0.137. The summed E-state index contributed by atoms with van der Waals surface area (Å²) in [6.07, 6.45) is 2.76. The van der Waals surface area contributed by atoms with E-state index >= 15 is 0 Å². The minimum Gasteiger partial charge on any atom is -0.463 e. The van der Waals surface area contributed by atoms with Gasteiger partial charge in [0.1, 0.15) is 0 Å². The number of hydrogen-bond acceptors (Lipinski definition) is 5. The lowest BCUT2D eigenvalue weighted by Gasteiger charge is -2.07. The molecule has 1 aromatic carbocycles. The smallest absolute Gasteiger partial charge is 0.330 e. The van der Waals surface area contributed by atoms with E-state index in [1.807, 2.05) is 6.92 Å². The van der Waals surface area contributed by atoms with Crippen molar-refractivity contribution >= 4 is 27.6 Å². The highest BCUT2D eigenvalue weighted by molar-refractivity contribution is 7.89. The molecule has 0 aromatic heterocycles. The molecule has 0 heterocycles. The van der Waals surface area contributed by atoms with Gasteiger partial charge in [0.05, 0.1) is 11.5 Å². The summed E-state index contributed by atoms with van der Waals surface area (Å²) in [5.41, 5.74) is 0.415. The van der Waals surface area contributed by atoms with Crippen molar-refractivity contribution in [2.24, 2.45) is 0 Å². The average molecular weight is 340 g/mol. The first-order valence-corrected chi connectivity index (χ1v) is 8.63. The largest absolute Gasteiger partial charge is 0.463 e. The molecular weight excluding hydrogens is 320 g/mol. The molecule has 126 valence electrons. The quantitative estimate of drug-likeness (QED) is 0.551. The Morgan fingerprint density at radius 2 is 1.78 bits per heavy atom. The summed E-state index contributed by atoms with van der Waals surface area (Å²) in [5.74, 6) is -1.12. The molecular formula is C15H20N2O5S. The fourth-order valence-electron chi connectivity index (χ4n) is 1.56. The SMILES string of the molecule is CCCNS(=O)(=O)c1ccc(NC(=O)/C=C/C(=O)OCC)cc1. The molecule has 0 aliphatic rings. The lowest BCUT2D eigenvalue weighted by atomic mass is 10.3. The monoisotopic (exact) mass is 340 g/mol. The van der Waals surface area contributed by atoms with Gasteiger partial charge in [-0.3, -0.25) is 4.79 Å². The number of rotatable bonds is 8. The third kappa shape index (κ3) is 6.62. The fourth-order valence-corrected chi connectivity index (χ4v) is 2.69. The van der Waals surface area contributed by atoms with Crippen LogP contribution in [0.15, 0.2) is 41.3 Å². The highest BCUT2D eigenvalue weighted by Crippen LogP contribution is 2.14. The van der Waals surface area contributed by atoms with Crippen LogP contribution < -0.4 is 10.0 Å². The Hall–Kier alpha value is -2.19. The number of carbonyl (C=O) groups is 2. The van der Waals surface area contributed by atoms with Crippen molar-refractivity contribution in [3.05, 3.63) is 36.4 Å². The zero-order valence-electron chi connectivity index (χ0n) is 13.0. The van der Waals surface area contributed by atoms with Crippen molar-refractivity contribution in [2.45, 2.75) is 25.2 Å². The van der Waals surface area contributed by atoms with Crippen LogP contribution >= 0.6 is 0 Å². The van der Waals surface area contributed by atoms with E-state index in [-0.39, 0.29) is 11.5 Å². The summed E-state index contributed by atoms with van der Waals surface area (Å²) in [6.45, 7) is 4.12. The van der Waals surface area contributed by atoms with Gasteiger partial charge in [0.15, 0.2) is 0 Å². The number of carbonyl (C=O) groups excluding carboxylic acids is 2. The molecule has 0 spiro atoms. The van der Waals surface area contributed by atoms with Crippen LogP contribution in [0, 0.1) is 0 Å². The van der Waals surface area contributed by atoms with E-state index in [0.717, 1.165) is 12.2 Å². The van der Waals surface area contributed by atoms with Gasteiger partial charge in [-0.2, -0.15) is 0 Å². The van der Waals surface area contributed by atoms with Crippen LogP contribution in [0.25, 0.3) is 0 Å². The number of esters is 1. The first-order chi connectivity index (χ1) is 10.9. The summed E-state index contributed by atoms with van der Waals surface area (Å²) in [7, 11) is -3.53. The molecule has 0 saturated carbocycles. The van der Waals surface area contributed by atoms with Gasteiger partial charge in [0, 0.05) is 24.4 Å². The molecule has 0 atom stereocenters. The third-order valence-electron chi connectivity index (χ3n) is 2.63. The van der Waals surface area contributed by atoms with Crippen molar-refractivity contribution in [1.29, 1.82) is 0 Å². The summed E-state index contributed by atoms with van der Waals surface area (Å²) >= 11 is 0. The molecule has 0 saturated heterocycles. The van der Waals surface area contributed by atoms with Gasteiger partial charge in [-0.15, -0.1) is 0 Å². The van der Waals surface area contributed by atoms with Gasteiger partial charge in [-0.25, -0.2) is 17.9 Å². The summed E-state index contributed by atoms with van der Waals surface area (Å²) in [6, 6.07) is 5.72. The van der Waals surface area contributed by atoms with Crippen LogP contribution in [-0.2, 0) is 24.3 Å². The van der Waals surface area contributed by atoms with Gasteiger partial charge in [-0.1, -0.05) is 6.92 Å². The zero-order chi connectivity index (χ0) is 17.3. The van der Waals surface area contributed by atoms with E-state index in [0.29, 0.717) is 18.7 Å². The van der Waals surface area contributed by atoms with Gasteiger partial charge in [0.25, 0.3) is 0 Å². The van der Waals surface area contributed by atoms with Gasteiger partial charge < -0.3 is 10.1 Å². The van der Waals surface area contributed by atoms with Crippen LogP contribution in [-0.4, -0.2) is 33.4 Å². The Morgan fingerprint density at radius 3 is 2.35 bits per heavy atom. The molecule has 1 aromatic rings. The molecule has 0 unspecified atom stereocenters. The number of amides is 1. The number of hydrogen-bond donors (Lipinski definition) is 2. The highest BCUT2D eigenvalue weighted by Gasteiger charge is 2.12. The zero-order valence-corrected chi connectivity index (χ0v) is 13.9. The molecule has 0 fully saturated rings. The Bertz CT molecular complexity index is 666. The molecule has 8 heteroatoms. The van der Waals surface area contributed by atoms with Gasteiger partial charge >= 0.3 is 5.97 Å². The van der Waals surface area contributed by atoms with E-state index in [9.17, 15) is 18.0 Å². The maximum atomic E-state index is 11.9. The van der Waals surface area contributed by atoms with Crippen LogP contribution in [0.2, 0.25) is 0 Å². The second-order valence-electron chi connectivity index (χ2n) is 4.50. The van der Waals surface area contributed by atoms with Crippen molar-refractivity contribution in [2.75, 3.05) is 18.5 Å². The minimum atomic E-state index is -3.53. The first-order valence-electron chi connectivity index (χ1n) is 7.14. The normalized spacial score (nSPS) is 11.4. The molecule has 7 nitrogen and oxygen atoms in total. The van der Waals surface area contributed by atoms with E-state index < -0.39 is 21.9 Å². The van der Waals surface area contributed by atoms with Crippen LogP contribution in [0.5, 0.6) is 0 Å². The van der Waals surface area contributed by atoms with E-state index in [1.54, 1.807) is 6.92 Å². The third-order valence-corrected chi connectivity index (χ3v) is 4.11. The van der Waals surface area contributed by atoms with Crippen LogP contribution in [0.1, 0.15) is 20.3 Å². The van der Waals surface area contributed by atoms with Crippen LogP contribution in [0.3, 0.4) is 0 Å². The van der Waals surface area contributed by atoms with Crippen LogP contribution in [0.4, 0.5) is 5.69 Å². The van der Waals surface area contributed by atoms with E-state index in [4.69, 9.17) is 0 Å². The number of ether oxygens (including phenoxy) is 1. The first kappa shape index (κ1) is 18.9. The standard InChI is InChI=1S/C15H20N2O5S/c1-3-11-16-23(20,21)13-7-5-12(6-8-13)17-14(18)9-10-15(19)22-4-2/h5-10,16H,3-4,11H2,1-2H3,(H,17,18)/b10-9+. The molecule has 1 amide bonds. The second kappa shape index (κ2) is 9.06. The summed E-state index contributed by atoms with van der Waals surface area (Å²) in [4.78, 5) is 22.8. The molecule has 0 bridgehead atoms. The van der Waals surface area contributed by atoms with E-state index in [1.165, 1.54) is 24.3 Å². The molecule has 0 aliphatic heterocycles. The lowest BCUT2D eigenvalue weighted by Crippen LogP contribution is -2.24. The maximum Gasteiger partial charge on any atom is 0.330 e. The highest BCUT2D eigenvalue weighted by atomic mass is 32.2. The molecule has 23 heavy (non-hydrogen) atoms. The van der Waals surface area contributed by atoms with Crippen molar-refractivity contribution in [1.82, 2.24) is 4.72 Å². The summed E-state index contributed by atoms with van der Waals surface area (Å²) < 4.78 is 30.9. The number of nitrogens with one attached hydrogen (secondary N) is 2. The Labute approximate surface area is 135 Å². The fraction of sp³-hybridized carbons (Fsp3) is 0.333. The van der Waals surface area contributed by atoms with Gasteiger partial charge in [0.2, 0.25) is 15.9 Å². The molecule has 1 rings (SSSR count). The maximum absolute atomic E-state index is 11.9. The number of anilines is 1. The Morgan fingerprint density at radius 1 is 1.13 bits per heavy atom. The number of benzene rings is 1. The predicted octanol–water partition coefficient (Wildman–Crippen LogP) is 1.43. The van der Waals surface area contributed by atoms with Crippen molar-refractivity contribution in [3.8, 4) is 0 Å². The van der Waals surface area contributed by atoms with Crippen molar-refractivity contribution in [3.63, 3.8) is 0 Å². The molecule has 2 N–H and O–H groups in total. The topological polar surface area (TPSA) is 102 Å². The average Bonchev–Trinajstić information content (AvgIpc) is 2.52. The number of sulfonamides is 1. The Kier molecular flexibility index (Phi) is 7.43. The second-order valence-corrected chi connectivity index (χ2v) is 6.26. The Balaban J connectivity index is 2.67.